The highest BCUT2D eigenvalue weighted by Crippen LogP contribution is 2.78. The highest BCUT2D eigenvalue weighted by Gasteiger charge is 2.44. The van der Waals surface area contributed by atoms with Gasteiger partial charge in [0, 0.05) is 19.9 Å². The number of hydrogen-bond acceptors (Lipinski definition) is 0. The first-order valence-electron chi connectivity index (χ1n) is 9.74. The van der Waals surface area contributed by atoms with E-state index in [1.54, 1.807) is 0 Å². The molecule has 2 atom stereocenters. The number of allylic oxidation sites excluding steroid dienone is 8. The van der Waals surface area contributed by atoms with Gasteiger partial charge in [0.25, 0.3) is 0 Å². The van der Waals surface area contributed by atoms with Gasteiger partial charge in [-0.2, -0.15) is 10.0 Å². The van der Waals surface area contributed by atoms with Crippen molar-refractivity contribution in [1.82, 2.24) is 0 Å². The normalized spacial score (nSPS) is 30.2. The first-order valence-corrected chi connectivity index (χ1v) is 11.4. The van der Waals surface area contributed by atoms with Gasteiger partial charge in [-0.25, -0.2) is 0 Å². The van der Waals surface area contributed by atoms with Gasteiger partial charge < -0.3 is 0 Å². The van der Waals surface area contributed by atoms with Crippen molar-refractivity contribution in [2.45, 2.75) is 34.8 Å². The predicted octanol–water partition coefficient (Wildman–Crippen LogP) is 7.21. The Morgan fingerprint density at radius 1 is 0.815 bits per heavy atom. The van der Waals surface area contributed by atoms with E-state index in [1.807, 2.05) is 0 Å². The Bertz CT molecular complexity index is 1050. The minimum Gasteiger partial charge on any atom is -0.153 e. The van der Waals surface area contributed by atoms with Crippen molar-refractivity contribution in [1.29, 1.82) is 0 Å². The average Bonchev–Trinajstić information content (AvgIpc) is 2.82. The summed E-state index contributed by atoms with van der Waals surface area (Å²) in [5, 5.41) is 0.436. The van der Waals surface area contributed by atoms with Crippen molar-refractivity contribution >= 4 is 15.6 Å². The molecule has 2 aromatic carbocycles. The molecule has 1 aliphatic carbocycles. The van der Waals surface area contributed by atoms with Crippen LogP contribution in [0.5, 0.6) is 0 Å². The van der Waals surface area contributed by atoms with E-state index in [0.29, 0.717) is 5.25 Å². The molecule has 0 radical (unpaired) electrons. The van der Waals surface area contributed by atoms with Crippen LogP contribution in [-0.4, -0.2) is 5.25 Å². The number of rotatable bonds is 0. The van der Waals surface area contributed by atoms with Crippen molar-refractivity contribution in [2.75, 3.05) is 0 Å². The predicted molar refractivity (Wildman–Crippen MR) is 118 cm³/mol. The fourth-order valence-electron chi connectivity index (χ4n) is 4.64. The summed E-state index contributed by atoms with van der Waals surface area (Å²) in [6.07, 6.45) is 20.6. The van der Waals surface area contributed by atoms with E-state index in [1.165, 1.54) is 31.4 Å². The molecule has 0 nitrogen and oxygen atoms in total. The van der Waals surface area contributed by atoms with Gasteiger partial charge in [-0.1, -0.05) is 91.9 Å². The van der Waals surface area contributed by atoms with Crippen LogP contribution in [0.4, 0.5) is 0 Å². The third-order valence-electron chi connectivity index (χ3n) is 5.81. The van der Waals surface area contributed by atoms with Crippen LogP contribution < -0.4 is 0 Å². The molecule has 2 aromatic rings. The molecule has 0 amide bonds. The second-order valence-electron chi connectivity index (χ2n) is 7.30. The summed E-state index contributed by atoms with van der Waals surface area (Å²) in [7, 11) is -1.35. The molecule has 0 saturated heterocycles. The van der Waals surface area contributed by atoms with E-state index >= 15 is 0 Å². The lowest BCUT2D eigenvalue weighted by atomic mass is 10.1. The summed E-state index contributed by atoms with van der Waals surface area (Å²) in [5.41, 5.74) is 4.31. The van der Waals surface area contributed by atoms with Gasteiger partial charge in [-0.15, -0.1) is 0 Å². The van der Waals surface area contributed by atoms with Gasteiger partial charge in [0.15, 0.2) is 0 Å². The average molecular weight is 369 g/mol. The Morgan fingerprint density at radius 3 is 2.52 bits per heavy atom. The maximum Gasteiger partial charge on any atom is 0.0162 e. The van der Waals surface area contributed by atoms with E-state index in [-0.39, 0.29) is 0 Å². The lowest BCUT2D eigenvalue weighted by molar-refractivity contribution is 1.13. The smallest absolute Gasteiger partial charge is 0.0162 e. The van der Waals surface area contributed by atoms with Crippen LogP contribution in [0.25, 0.3) is 5.57 Å². The zero-order valence-corrected chi connectivity index (χ0v) is 16.5. The highest BCUT2D eigenvalue weighted by molar-refractivity contribution is 8.38. The molecule has 134 valence electrons. The second-order valence-corrected chi connectivity index (χ2v) is 10.7. The lowest BCUT2D eigenvalue weighted by Crippen LogP contribution is -2.15. The quantitative estimate of drug-likeness (QED) is 0.461. The van der Waals surface area contributed by atoms with E-state index in [9.17, 15) is 0 Å². The summed E-state index contributed by atoms with van der Waals surface area (Å²) in [6, 6.07) is 18.2. The molecule has 27 heavy (non-hydrogen) atoms. The molecule has 2 unspecified atom stereocenters. The summed E-state index contributed by atoms with van der Waals surface area (Å²) >= 11 is 0. The largest absolute Gasteiger partial charge is 0.153 e. The fraction of sp³-hybridized carbons (Fsp3) is 0.154. The molecule has 1 spiro atoms. The van der Waals surface area contributed by atoms with Gasteiger partial charge in [0.05, 0.1) is 0 Å². The van der Waals surface area contributed by atoms with Crippen molar-refractivity contribution in [3.8, 4) is 0 Å². The molecule has 0 fully saturated rings. The lowest BCUT2D eigenvalue weighted by Gasteiger charge is -2.45. The van der Waals surface area contributed by atoms with Crippen LogP contribution in [0.1, 0.15) is 24.5 Å². The zero-order valence-electron chi connectivity index (χ0n) is 15.6. The SMILES string of the molecule is CC1/C=C\C=C/Cc2ccccc2S12C1=C(C=CCC=C1)c1ccccc12. The summed E-state index contributed by atoms with van der Waals surface area (Å²) in [6.45, 7) is 2.41. The van der Waals surface area contributed by atoms with Crippen molar-refractivity contribution in [3.63, 3.8) is 0 Å². The van der Waals surface area contributed by atoms with Crippen LogP contribution in [0.2, 0.25) is 0 Å². The van der Waals surface area contributed by atoms with Crippen molar-refractivity contribution in [3.05, 3.63) is 113 Å². The molecule has 2 heterocycles. The van der Waals surface area contributed by atoms with Crippen LogP contribution in [-0.2, 0) is 6.42 Å². The minimum absolute atomic E-state index is 0.436. The topological polar surface area (TPSA) is 0 Å². The summed E-state index contributed by atoms with van der Waals surface area (Å²) in [4.78, 5) is 4.59. The van der Waals surface area contributed by atoms with Crippen LogP contribution in [0.3, 0.4) is 0 Å². The molecule has 3 aliphatic rings. The van der Waals surface area contributed by atoms with Crippen molar-refractivity contribution < 1.29 is 0 Å². The van der Waals surface area contributed by atoms with E-state index < -0.39 is 10.0 Å². The number of benzene rings is 2. The third kappa shape index (κ3) is 2.38. The molecular weight excluding hydrogens is 344 g/mol. The maximum absolute atomic E-state index is 2.43. The zero-order chi connectivity index (χ0) is 18.3. The minimum atomic E-state index is -1.35. The Balaban J connectivity index is 1.94. The Hall–Kier alpha value is -2.51. The van der Waals surface area contributed by atoms with Crippen LogP contribution in [0.15, 0.2) is 112 Å². The number of fused-ring (bicyclic) bond motifs is 6. The molecule has 5 rings (SSSR count). The summed E-state index contributed by atoms with van der Waals surface area (Å²) < 4.78 is 0. The van der Waals surface area contributed by atoms with Gasteiger partial charge in [0.2, 0.25) is 0 Å². The van der Waals surface area contributed by atoms with Gasteiger partial charge >= 0.3 is 0 Å². The molecular formula is C26H24S. The van der Waals surface area contributed by atoms with Crippen LogP contribution >= 0.6 is 10.0 Å². The number of hydrogen-bond donors (Lipinski definition) is 0. The molecule has 0 bridgehead atoms. The molecule has 2 aliphatic heterocycles. The highest BCUT2D eigenvalue weighted by atomic mass is 32.3. The van der Waals surface area contributed by atoms with Crippen molar-refractivity contribution in [2.24, 2.45) is 0 Å². The van der Waals surface area contributed by atoms with E-state index in [4.69, 9.17) is 0 Å². The Labute approximate surface area is 163 Å². The first-order chi connectivity index (χ1) is 13.3. The second kappa shape index (κ2) is 6.58. The third-order valence-corrected chi connectivity index (χ3v) is 10.3. The molecule has 0 aromatic heterocycles. The molecule has 0 saturated carbocycles. The molecule has 1 heteroatoms. The standard InChI is InChI=1S/C26H24S/c1-20-12-4-2-5-13-21-14-8-10-17-24(21)27(20)25-18-7-3-6-15-22(25)23-16-9-11-19-26(23)27/h2,4-12,14-20H,3,13H2,1H3/b5-2-,12-4-. The van der Waals surface area contributed by atoms with Gasteiger partial charge in [-0.05, 0) is 41.7 Å². The van der Waals surface area contributed by atoms with E-state index in [0.717, 1.165) is 12.8 Å². The maximum atomic E-state index is 2.43. The van der Waals surface area contributed by atoms with E-state index in [2.05, 4.69) is 104 Å². The molecule has 0 N–H and O–H groups in total. The fourth-order valence-corrected chi connectivity index (χ4v) is 9.39. The van der Waals surface area contributed by atoms with Gasteiger partial charge in [0.1, 0.15) is 0 Å². The monoisotopic (exact) mass is 368 g/mol. The summed E-state index contributed by atoms with van der Waals surface area (Å²) in [5.74, 6) is 0. The first kappa shape index (κ1) is 16.6. The van der Waals surface area contributed by atoms with Crippen LogP contribution in [0, 0.1) is 0 Å². The Kier molecular flexibility index (Phi) is 4.06. The van der Waals surface area contributed by atoms with Gasteiger partial charge in [-0.3, -0.25) is 0 Å². The Morgan fingerprint density at radius 2 is 1.59 bits per heavy atom.